The van der Waals surface area contributed by atoms with Crippen molar-refractivity contribution >= 4 is 11.9 Å². The van der Waals surface area contributed by atoms with Crippen LogP contribution in [0.2, 0.25) is 0 Å². The Labute approximate surface area is 281 Å². The Morgan fingerprint density at radius 1 is 0.870 bits per heavy atom. The molecule has 46 heavy (non-hydrogen) atoms. The SMILES string of the molecule is CC(C)[C@@H]1CC[C@]2(C(=O)NCCN(C)C)CC[C@@H](C)[C@]3(C)CCC4C(C)(C)[C@@H](c5ccc(C(=O)O)cc5)CC[C@]4(C)C3CCCC12. The molecule has 0 spiro atoms. The second kappa shape index (κ2) is 13.2. The van der Waals surface area contributed by atoms with Crippen LogP contribution in [0.25, 0.3) is 0 Å². The third-order valence-corrected chi connectivity index (χ3v) is 15.1. The van der Waals surface area contributed by atoms with Gasteiger partial charge in [-0.3, -0.25) is 4.79 Å². The molecule has 1 amide bonds. The highest BCUT2D eigenvalue weighted by molar-refractivity contribution is 5.87. The van der Waals surface area contributed by atoms with E-state index in [1.807, 2.05) is 0 Å². The summed E-state index contributed by atoms with van der Waals surface area (Å²) in [6.45, 7) is 19.3. The molecule has 5 rings (SSSR count). The number of carbonyl (C=O) groups excluding carboxylic acids is 1. The van der Waals surface area contributed by atoms with Gasteiger partial charge in [0.15, 0.2) is 0 Å². The Kier molecular flexibility index (Phi) is 10.2. The van der Waals surface area contributed by atoms with E-state index in [1.54, 1.807) is 12.1 Å². The molecule has 1 aromatic carbocycles. The summed E-state index contributed by atoms with van der Waals surface area (Å²) in [7, 11) is 4.17. The zero-order valence-corrected chi connectivity index (χ0v) is 30.8. The Morgan fingerprint density at radius 2 is 1.52 bits per heavy atom. The first-order chi connectivity index (χ1) is 21.6. The zero-order valence-electron chi connectivity index (χ0n) is 30.8. The molecule has 0 heterocycles. The highest BCUT2D eigenvalue weighted by atomic mass is 16.4. The van der Waals surface area contributed by atoms with Crippen molar-refractivity contribution in [1.29, 1.82) is 0 Å². The van der Waals surface area contributed by atoms with Crippen LogP contribution in [0.15, 0.2) is 24.3 Å². The van der Waals surface area contributed by atoms with E-state index < -0.39 is 5.97 Å². The lowest BCUT2D eigenvalue weighted by Gasteiger charge is -2.66. The predicted octanol–water partition coefficient (Wildman–Crippen LogP) is 9.27. The number of nitrogens with zero attached hydrogens (tertiary/aromatic N) is 1. The number of fused-ring (bicyclic) bond motifs is 4. The van der Waals surface area contributed by atoms with Gasteiger partial charge in [-0.15, -0.1) is 0 Å². The fourth-order valence-electron chi connectivity index (χ4n) is 12.4. The van der Waals surface area contributed by atoms with E-state index in [4.69, 9.17) is 0 Å². The topological polar surface area (TPSA) is 69.6 Å². The molecule has 0 radical (unpaired) electrons. The van der Waals surface area contributed by atoms with Crippen molar-refractivity contribution in [2.24, 2.45) is 57.2 Å². The van der Waals surface area contributed by atoms with Crippen molar-refractivity contribution in [1.82, 2.24) is 10.2 Å². The number of carboxylic acid groups (broad SMARTS) is 1. The summed E-state index contributed by atoms with van der Waals surface area (Å²) < 4.78 is 0. The van der Waals surface area contributed by atoms with E-state index in [2.05, 4.69) is 84.9 Å². The number of benzene rings is 1. The quantitative estimate of drug-likeness (QED) is 0.314. The van der Waals surface area contributed by atoms with Crippen LogP contribution in [0.1, 0.15) is 141 Å². The molecule has 5 heteroatoms. The molecule has 0 saturated heterocycles. The number of amides is 1. The number of carbonyl (C=O) groups is 2. The van der Waals surface area contributed by atoms with Crippen molar-refractivity contribution in [3.05, 3.63) is 35.4 Å². The highest BCUT2D eigenvalue weighted by Gasteiger charge is 2.62. The molecule has 258 valence electrons. The molecule has 0 aromatic heterocycles. The molecule has 0 aliphatic heterocycles. The Hall–Kier alpha value is -1.88. The summed E-state index contributed by atoms with van der Waals surface area (Å²) in [6.07, 6.45) is 13.1. The van der Waals surface area contributed by atoms with Crippen molar-refractivity contribution in [3.63, 3.8) is 0 Å². The van der Waals surface area contributed by atoms with Crippen LogP contribution in [0.4, 0.5) is 0 Å². The average molecular weight is 635 g/mol. The lowest BCUT2D eigenvalue weighted by molar-refractivity contribution is -0.160. The van der Waals surface area contributed by atoms with Gasteiger partial charge in [-0.2, -0.15) is 0 Å². The van der Waals surface area contributed by atoms with Crippen LogP contribution in [-0.2, 0) is 4.79 Å². The first-order valence-corrected chi connectivity index (χ1v) is 18.8. The minimum absolute atomic E-state index is 0.144. The highest BCUT2D eigenvalue weighted by Crippen LogP contribution is 2.70. The number of rotatable bonds is 7. The van der Waals surface area contributed by atoms with Crippen molar-refractivity contribution in [3.8, 4) is 0 Å². The lowest BCUT2D eigenvalue weighted by Crippen LogP contribution is -2.58. The number of hydrogen-bond donors (Lipinski definition) is 2. The molecule has 3 unspecified atom stereocenters. The van der Waals surface area contributed by atoms with Crippen LogP contribution in [-0.4, -0.2) is 49.1 Å². The van der Waals surface area contributed by atoms with Gasteiger partial charge in [-0.1, -0.05) is 67.0 Å². The van der Waals surface area contributed by atoms with Gasteiger partial charge in [-0.05, 0) is 154 Å². The van der Waals surface area contributed by atoms with Crippen LogP contribution in [0, 0.1) is 57.2 Å². The number of aromatic carboxylic acids is 1. The fourth-order valence-corrected chi connectivity index (χ4v) is 12.4. The molecule has 9 atom stereocenters. The second-order valence-corrected chi connectivity index (χ2v) is 18.1. The Balaban J connectivity index is 1.42. The van der Waals surface area contributed by atoms with Gasteiger partial charge in [0.2, 0.25) is 5.91 Å². The molecule has 5 nitrogen and oxygen atoms in total. The number of likely N-dealkylation sites (N-methyl/N-ethyl adjacent to an activating group) is 1. The van der Waals surface area contributed by atoms with Crippen LogP contribution < -0.4 is 5.32 Å². The van der Waals surface area contributed by atoms with Gasteiger partial charge < -0.3 is 15.3 Å². The first kappa shape index (κ1) is 35.4. The van der Waals surface area contributed by atoms with E-state index in [0.29, 0.717) is 52.9 Å². The Morgan fingerprint density at radius 3 is 2.15 bits per heavy atom. The van der Waals surface area contributed by atoms with Crippen molar-refractivity contribution < 1.29 is 14.7 Å². The van der Waals surface area contributed by atoms with Gasteiger partial charge in [0.25, 0.3) is 0 Å². The monoisotopic (exact) mass is 635 g/mol. The molecule has 4 fully saturated rings. The minimum atomic E-state index is -0.849. The lowest BCUT2D eigenvalue weighted by atomic mass is 9.39. The normalized spacial score (nSPS) is 39.3. The molecular formula is C41H66N2O3. The molecule has 0 bridgehead atoms. The summed E-state index contributed by atoms with van der Waals surface area (Å²) in [5, 5.41) is 12.9. The number of nitrogens with one attached hydrogen (secondary N) is 1. The smallest absolute Gasteiger partial charge is 0.335 e. The zero-order chi connectivity index (χ0) is 33.7. The van der Waals surface area contributed by atoms with Crippen LogP contribution in [0.5, 0.6) is 0 Å². The molecule has 4 aliphatic rings. The summed E-state index contributed by atoms with van der Waals surface area (Å²) in [6, 6.07) is 7.79. The maximum Gasteiger partial charge on any atom is 0.335 e. The average Bonchev–Trinajstić information content (AvgIpc) is 3.36. The van der Waals surface area contributed by atoms with Crippen molar-refractivity contribution in [2.75, 3.05) is 27.2 Å². The van der Waals surface area contributed by atoms with Gasteiger partial charge in [0.1, 0.15) is 0 Å². The molecule has 2 N–H and O–H groups in total. The standard InChI is InChI=1S/C41H66N2O3/c1-27(2)31-18-24-41(37(46)42-25-26-43(8)9)23-17-28(3)39(6)22-20-34-38(4,5)32(29-13-15-30(16-14-29)36(44)45)19-21-40(34,7)35(39)12-10-11-33(31)41/h13-16,27-28,31-35H,10-12,17-26H2,1-9H3,(H,42,46)(H,44,45)/t28-,31+,32-,33?,34?,35?,39+,40+,41-/m1/s1. The molecule has 4 aliphatic carbocycles. The largest absolute Gasteiger partial charge is 0.478 e. The van der Waals surface area contributed by atoms with E-state index >= 15 is 0 Å². The van der Waals surface area contributed by atoms with Crippen molar-refractivity contribution in [2.45, 2.75) is 125 Å². The molecule has 1 aromatic rings. The van der Waals surface area contributed by atoms with Gasteiger partial charge in [-0.25, -0.2) is 4.79 Å². The Bertz CT molecular complexity index is 1240. The van der Waals surface area contributed by atoms with Crippen LogP contribution in [0.3, 0.4) is 0 Å². The third-order valence-electron chi connectivity index (χ3n) is 15.1. The number of carboxylic acids is 1. The second-order valence-electron chi connectivity index (χ2n) is 18.1. The van der Waals surface area contributed by atoms with E-state index in [9.17, 15) is 14.7 Å². The molecular weight excluding hydrogens is 568 g/mol. The predicted molar refractivity (Wildman–Crippen MR) is 189 cm³/mol. The van der Waals surface area contributed by atoms with Gasteiger partial charge in [0.05, 0.1) is 11.0 Å². The molecule has 4 saturated carbocycles. The summed E-state index contributed by atoms with van der Waals surface area (Å²) in [4.78, 5) is 27.9. The maximum atomic E-state index is 14.2. The summed E-state index contributed by atoms with van der Waals surface area (Å²) in [5.41, 5.74) is 2.19. The van der Waals surface area contributed by atoms with Crippen LogP contribution >= 0.6 is 0 Å². The summed E-state index contributed by atoms with van der Waals surface area (Å²) in [5.74, 6) is 3.60. The van der Waals surface area contributed by atoms with E-state index in [1.165, 1.54) is 56.9 Å². The number of hydrogen-bond acceptors (Lipinski definition) is 3. The van der Waals surface area contributed by atoms with Gasteiger partial charge in [0, 0.05) is 13.1 Å². The maximum absolute atomic E-state index is 14.2. The van der Waals surface area contributed by atoms with Gasteiger partial charge >= 0.3 is 5.97 Å². The first-order valence-electron chi connectivity index (χ1n) is 18.8. The third kappa shape index (κ3) is 6.09. The van der Waals surface area contributed by atoms with E-state index in [0.717, 1.165) is 32.4 Å². The fraction of sp³-hybridized carbons (Fsp3) is 0.805. The van der Waals surface area contributed by atoms with E-state index in [-0.39, 0.29) is 21.7 Å². The minimum Gasteiger partial charge on any atom is -0.478 e. The summed E-state index contributed by atoms with van der Waals surface area (Å²) >= 11 is 0.